The first kappa shape index (κ1) is 22.2. The molecule has 2 N–H and O–H groups in total. The minimum atomic E-state index is -0.0864. The topological polar surface area (TPSA) is 64.2 Å². The number of hydrogen-bond acceptors (Lipinski definition) is 2. The standard InChI is InChI=1S/C26H34N4O2/c1-15-13-19(9-11-21(15)27-23(31)29-17(3)25(29,5)6)20-10-12-22(16(2)14-20)28-24(32)30-18(4)26(30,7)8/h9-14,17-18H,1-8H3,(H,27,31)(H,28,32)/t17-,18-,29?,30?/m0/s1. The van der Waals surface area contributed by atoms with Gasteiger partial charge in [-0.15, -0.1) is 0 Å². The van der Waals surface area contributed by atoms with Crippen molar-refractivity contribution < 1.29 is 9.59 Å². The zero-order valence-corrected chi connectivity index (χ0v) is 20.3. The lowest BCUT2D eigenvalue weighted by Crippen LogP contribution is -2.24. The lowest BCUT2D eigenvalue weighted by atomic mass is 10.00. The molecule has 6 heteroatoms. The second-order valence-electron chi connectivity index (χ2n) is 10.3. The van der Waals surface area contributed by atoms with Crippen molar-refractivity contribution in [2.24, 2.45) is 0 Å². The molecule has 4 amide bonds. The van der Waals surface area contributed by atoms with Gasteiger partial charge in [0.25, 0.3) is 0 Å². The van der Waals surface area contributed by atoms with Gasteiger partial charge in [-0.1, -0.05) is 12.1 Å². The Morgan fingerprint density at radius 2 is 1.03 bits per heavy atom. The SMILES string of the molecule is Cc1cc(-c2ccc(NC(=O)N3[C@@H](C)C3(C)C)c(C)c2)ccc1NC(=O)N1[C@@H](C)C1(C)C. The summed E-state index contributed by atoms with van der Waals surface area (Å²) in [6, 6.07) is 12.5. The van der Waals surface area contributed by atoms with E-state index in [0.717, 1.165) is 33.6 Å². The highest BCUT2D eigenvalue weighted by Crippen LogP contribution is 2.41. The van der Waals surface area contributed by atoms with Gasteiger partial charge in [-0.2, -0.15) is 0 Å². The van der Waals surface area contributed by atoms with E-state index in [2.05, 4.69) is 64.3 Å². The molecule has 2 aliphatic rings. The molecule has 0 unspecified atom stereocenters. The van der Waals surface area contributed by atoms with E-state index in [0.29, 0.717) is 0 Å². The van der Waals surface area contributed by atoms with Crippen LogP contribution < -0.4 is 10.6 Å². The number of nitrogens with zero attached hydrogens (tertiary/aromatic N) is 2. The Morgan fingerprint density at radius 3 is 1.28 bits per heavy atom. The third-order valence-electron chi connectivity index (χ3n) is 7.63. The van der Waals surface area contributed by atoms with Crippen molar-refractivity contribution in [2.75, 3.05) is 10.6 Å². The molecule has 32 heavy (non-hydrogen) atoms. The molecule has 0 aliphatic carbocycles. The van der Waals surface area contributed by atoms with Gasteiger partial charge >= 0.3 is 12.1 Å². The minimum absolute atomic E-state index is 0.0572. The first-order valence-electron chi connectivity index (χ1n) is 11.3. The van der Waals surface area contributed by atoms with Crippen LogP contribution in [0.15, 0.2) is 36.4 Å². The zero-order chi connectivity index (χ0) is 23.6. The maximum Gasteiger partial charge on any atom is 0.322 e. The van der Waals surface area contributed by atoms with E-state index in [1.54, 1.807) is 0 Å². The van der Waals surface area contributed by atoms with Crippen LogP contribution in [0.4, 0.5) is 21.0 Å². The molecule has 2 aromatic carbocycles. The number of carbonyl (C=O) groups excluding carboxylic acids is 2. The molecule has 2 atom stereocenters. The summed E-state index contributed by atoms with van der Waals surface area (Å²) >= 11 is 0. The van der Waals surface area contributed by atoms with Crippen LogP contribution in [-0.2, 0) is 0 Å². The summed E-state index contributed by atoms with van der Waals surface area (Å²) in [5.74, 6) is 0. The summed E-state index contributed by atoms with van der Waals surface area (Å²) in [4.78, 5) is 28.9. The van der Waals surface area contributed by atoms with E-state index in [9.17, 15) is 9.59 Å². The summed E-state index contributed by atoms with van der Waals surface area (Å²) in [5, 5.41) is 6.08. The van der Waals surface area contributed by atoms with Crippen LogP contribution in [0.1, 0.15) is 52.7 Å². The van der Waals surface area contributed by atoms with Crippen LogP contribution in [0, 0.1) is 13.8 Å². The second-order valence-corrected chi connectivity index (χ2v) is 10.3. The molecule has 2 heterocycles. The molecule has 0 saturated carbocycles. The number of carbonyl (C=O) groups is 2. The van der Waals surface area contributed by atoms with Gasteiger partial charge in [0.15, 0.2) is 0 Å². The highest BCUT2D eigenvalue weighted by molar-refractivity contribution is 5.94. The number of nitrogens with one attached hydrogen (secondary N) is 2. The number of benzene rings is 2. The van der Waals surface area contributed by atoms with Crippen LogP contribution >= 0.6 is 0 Å². The zero-order valence-electron chi connectivity index (χ0n) is 20.3. The molecule has 2 aromatic rings. The average Bonchev–Trinajstić information content (AvgIpc) is 3.43. The lowest BCUT2D eigenvalue weighted by Gasteiger charge is -2.15. The molecule has 4 rings (SSSR count). The summed E-state index contributed by atoms with van der Waals surface area (Å²) in [6.07, 6.45) is 0. The molecule has 0 bridgehead atoms. The first-order chi connectivity index (χ1) is 14.9. The Labute approximate surface area is 191 Å². The third kappa shape index (κ3) is 3.61. The minimum Gasteiger partial charge on any atom is -0.312 e. The van der Waals surface area contributed by atoms with Gasteiger partial charge in [-0.25, -0.2) is 9.59 Å². The van der Waals surface area contributed by atoms with Crippen LogP contribution in [0.3, 0.4) is 0 Å². The molecular weight excluding hydrogens is 400 g/mol. The van der Waals surface area contributed by atoms with Crippen LogP contribution in [0.25, 0.3) is 11.1 Å². The van der Waals surface area contributed by atoms with Gasteiger partial charge in [0.2, 0.25) is 0 Å². The molecule has 2 saturated heterocycles. The average molecular weight is 435 g/mol. The fraction of sp³-hybridized carbons (Fsp3) is 0.462. The van der Waals surface area contributed by atoms with Gasteiger partial charge in [0.1, 0.15) is 0 Å². The van der Waals surface area contributed by atoms with Crippen molar-refractivity contribution in [3.8, 4) is 11.1 Å². The summed E-state index contributed by atoms with van der Waals surface area (Å²) < 4.78 is 0. The molecule has 0 spiro atoms. The monoisotopic (exact) mass is 434 g/mol. The van der Waals surface area contributed by atoms with Gasteiger partial charge in [0, 0.05) is 11.4 Å². The molecule has 0 aromatic heterocycles. The van der Waals surface area contributed by atoms with Crippen LogP contribution in [0.5, 0.6) is 0 Å². The number of anilines is 2. The van der Waals surface area contributed by atoms with Crippen molar-refractivity contribution in [1.29, 1.82) is 0 Å². The summed E-state index contributed by atoms with van der Waals surface area (Å²) in [6.45, 7) is 16.4. The van der Waals surface area contributed by atoms with Gasteiger partial charge in [0.05, 0.1) is 23.2 Å². The summed E-state index contributed by atoms with van der Waals surface area (Å²) in [7, 11) is 0. The van der Waals surface area contributed by atoms with Crippen LogP contribution in [0.2, 0.25) is 0 Å². The summed E-state index contributed by atoms with van der Waals surface area (Å²) in [5.41, 5.74) is 5.64. The van der Waals surface area contributed by atoms with E-state index >= 15 is 0 Å². The smallest absolute Gasteiger partial charge is 0.312 e. The molecule has 6 nitrogen and oxygen atoms in total. The van der Waals surface area contributed by atoms with Crippen molar-refractivity contribution in [2.45, 2.75) is 78.6 Å². The van der Waals surface area contributed by atoms with E-state index in [1.807, 2.05) is 47.9 Å². The maximum absolute atomic E-state index is 12.6. The molecular formula is C26H34N4O2. The van der Waals surface area contributed by atoms with E-state index in [4.69, 9.17) is 0 Å². The van der Waals surface area contributed by atoms with Crippen molar-refractivity contribution >= 4 is 23.4 Å². The molecule has 2 aliphatic heterocycles. The van der Waals surface area contributed by atoms with E-state index in [1.165, 1.54) is 0 Å². The highest BCUT2D eigenvalue weighted by Gasteiger charge is 2.56. The first-order valence-corrected chi connectivity index (χ1v) is 11.3. The largest absolute Gasteiger partial charge is 0.322 e. The Balaban J connectivity index is 1.46. The Morgan fingerprint density at radius 1 is 0.719 bits per heavy atom. The molecule has 2 fully saturated rings. The quantitative estimate of drug-likeness (QED) is 0.582. The van der Waals surface area contributed by atoms with E-state index in [-0.39, 0.29) is 35.2 Å². The van der Waals surface area contributed by atoms with E-state index < -0.39 is 0 Å². The van der Waals surface area contributed by atoms with Gasteiger partial charge in [-0.05, 0) is 102 Å². The fourth-order valence-electron chi connectivity index (χ4n) is 4.56. The number of urea groups is 2. The Bertz CT molecular complexity index is 1020. The predicted octanol–water partition coefficient (Wildman–Crippen LogP) is 6.00. The van der Waals surface area contributed by atoms with Gasteiger partial charge < -0.3 is 20.4 Å². The maximum atomic E-state index is 12.6. The Hall–Kier alpha value is -3.02. The third-order valence-corrected chi connectivity index (χ3v) is 7.63. The van der Waals surface area contributed by atoms with Crippen molar-refractivity contribution in [3.05, 3.63) is 47.5 Å². The predicted molar refractivity (Wildman–Crippen MR) is 130 cm³/mol. The van der Waals surface area contributed by atoms with Gasteiger partial charge in [-0.3, -0.25) is 0 Å². The van der Waals surface area contributed by atoms with Crippen LogP contribution in [-0.4, -0.2) is 45.0 Å². The fourth-order valence-corrected chi connectivity index (χ4v) is 4.56. The molecule has 0 radical (unpaired) electrons. The van der Waals surface area contributed by atoms with Crippen molar-refractivity contribution in [3.63, 3.8) is 0 Å². The number of amides is 4. The lowest BCUT2D eigenvalue weighted by molar-refractivity contribution is 0.234. The normalized spacial score (nSPS) is 22.4. The highest BCUT2D eigenvalue weighted by atomic mass is 16.2. The second kappa shape index (κ2) is 7.26. The number of hydrogen-bond donors (Lipinski definition) is 2. The molecule has 170 valence electrons. The number of aryl methyl sites for hydroxylation is 2. The van der Waals surface area contributed by atoms with Crippen molar-refractivity contribution in [1.82, 2.24) is 9.80 Å². The number of rotatable bonds is 3. The Kier molecular flexibility index (Phi) is 5.03.